The van der Waals surface area contributed by atoms with E-state index in [0.717, 1.165) is 11.3 Å². The van der Waals surface area contributed by atoms with Gasteiger partial charge < -0.3 is 20.7 Å². The molecule has 1 amide bonds. The lowest BCUT2D eigenvalue weighted by Gasteiger charge is -2.15. The molecule has 2 aromatic heterocycles. The van der Waals surface area contributed by atoms with E-state index in [4.69, 9.17) is 17.3 Å². The number of thiazole rings is 1. The molecule has 0 bridgehead atoms. The first-order valence-corrected chi connectivity index (χ1v) is 10.0. The van der Waals surface area contributed by atoms with Crippen molar-refractivity contribution in [3.8, 4) is 11.3 Å². The molecule has 29 heavy (non-hydrogen) atoms. The number of hydrogen-bond donors (Lipinski definition) is 3. The summed E-state index contributed by atoms with van der Waals surface area (Å²) in [5, 5.41) is 13.6. The highest BCUT2D eigenvalue weighted by molar-refractivity contribution is 7.11. The lowest BCUT2D eigenvalue weighted by Crippen LogP contribution is -2.34. The lowest BCUT2D eigenvalue weighted by molar-refractivity contribution is 0.0931. The van der Waals surface area contributed by atoms with Crippen LogP contribution in [-0.2, 0) is 6.61 Å². The van der Waals surface area contributed by atoms with Crippen LogP contribution in [0.5, 0.6) is 0 Å². The number of nitrogens with zero attached hydrogens (tertiary/aromatic N) is 2. The zero-order chi connectivity index (χ0) is 21.0. The van der Waals surface area contributed by atoms with Gasteiger partial charge >= 0.3 is 0 Å². The third kappa shape index (κ3) is 4.33. The number of halogens is 1. The number of aliphatic hydroxyl groups is 1. The highest BCUT2D eigenvalue weighted by Crippen LogP contribution is 2.27. The Bertz CT molecular complexity index is 1040. The van der Waals surface area contributed by atoms with Crippen LogP contribution in [0.2, 0.25) is 5.02 Å². The van der Waals surface area contributed by atoms with Gasteiger partial charge in [0.2, 0.25) is 0 Å². The van der Waals surface area contributed by atoms with Crippen LogP contribution in [0.4, 0.5) is 0 Å². The molecule has 1 unspecified atom stereocenters. The second kappa shape index (κ2) is 9.19. The van der Waals surface area contributed by atoms with E-state index in [2.05, 4.69) is 23.5 Å². The fourth-order valence-corrected chi connectivity index (χ4v) is 4.06. The standard InChI is InChI=1S/C21H21ClN4O2S/c1-3-15-19(12-27)29-21(25-15)16(11-23)24-20(28)18-10-9-17(26(18)4-2)13-5-7-14(22)8-6-13/h3-10,16,27H,1-2,11-12,23H2,(H,24,28). The molecule has 0 saturated heterocycles. The number of carbonyl (C=O) groups excluding carboxylic acids is 1. The summed E-state index contributed by atoms with van der Waals surface area (Å²) in [6.07, 6.45) is 3.15. The maximum absolute atomic E-state index is 12.9. The summed E-state index contributed by atoms with van der Waals surface area (Å²) >= 11 is 7.26. The maximum Gasteiger partial charge on any atom is 0.268 e. The SMILES string of the molecule is C=Cc1nc(C(CN)NC(=O)c2ccc(-c3ccc(Cl)cc3)n2C=C)sc1CO. The van der Waals surface area contributed by atoms with Gasteiger partial charge in [0.05, 0.1) is 28.9 Å². The number of rotatable bonds is 8. The van der Waals surface area contributed by atoms with Crippen molar-refractivity contribution in [1.82, 2.24) is 14.9 Å². The number of benzene rings is 1. The average molecular weight is 429 g/mol. The molecule has 3 rings (SSSR count). The zero-order valence-corrected chi connectivity index (χ0v) is 17.2. The van der Waals surface area contributed by atoms with Crippen LogP contribution in [-0.4, -0.2) is 27.1 Å². The first-order chi connectivity index (χ1) is 14.0. The highest BCUT2D eigenvalue weighted by Gasteiger charge is 2.22. The molecule has 2 heterocycles. The van der Waals surface area contributed by atoms with Crippen molar-refractivity contribution in [1.29, 1.82) is 0 Å². The topological polar surface area (TPSA) is 93.2 Å². The van der Waals surface area contributed by atoms with Gasteiger partial charge in [-0.25, -0.2) is 4.98 Å². The molecule has 4 N–H and O–H groups in total. The van der Waals surface area contributed by atoms with Crippen LogP contribution in [0.3, 0.4) is 0 Å². The van der Waals surface area contributed by atoms with Crippen LogP contribution in [0.15, 0.2) is 49.6 Å². The molecule has 150 valence electrons. The molecule has 0 radical (unpaired) electrons. The molecule has 0 aliphatic heterocycles. The van der Waals surface area contributed by atoms with E-state index < -0.39 is 6.04 Å². The van der Waals surface area contributed by atoms with Crippen LogP contribution < -0.4 is 11.1 Å². The Balaban J connectivity index is 1.88. The summed E-state index contributed by atoms with van der Waals surface area (Å²) in [5.41, 5.74) is 8.62. The fourth-order valence-electron chi connectivity index (χ4n) is 2.94. The molecule has 1 atom stereocenters. The van der Waals surface area contributed by atoms with Gasteiger partial charge in [-0.1, -0.05) is 36.9 Å². The third-order valence-corrected chi connectivity index (χ3v) is 5.82. The second-order valence-electron chi connectivity index (χ2n) is 6.15. The molecule has 0 aliphatic rings. The highest BCUT2D eigenvalue weighted by atomic mass is 35.5. The fraction of sp³-hybridized carbons (Fsp3) is 0.143. The largest absolute Gasteiger partial charge is 0.391 e. The molecule has 0 aliphatic carbocycles. The Kier molecular flexibility index (Phi) is 6.66. The van der Waals surface area contributed by atoms with Crippen molar-refractivity contribution in [2.45, 2.75) is 12.6 Å². The van der Waals surface area contributed by atoms with Gasteiger partial charge in [0.1, 0.15) is 10.7 Å². The average Bonchev–Trinajstić information content (AvgIpc) is 3.36. The van der Waals surface area contributed by atoms with E-state index in [9.17, 15) is 9.90 Å². The second-order valence-corrected chi connectivity index (χ2v) is 7.70. The predicted molar refractivity (Wildman–Crippen MR) is 119 cm³/mol. The van der Waals surface area contributed by atoms with Crippen LogP contribution in [0, 0.1) is 0 Å². The molecule has 8 heteroatoms. The number of nitrogens with one attached hydrogen (secondary N) is 1. The van der Waals surface area contributed by atoms with Gasteiger partial charge in [-0.15, -0.1) is 11.3 Å². The van der Waals surface area contributed by atoms with Crippen molar-refractivity contribution in [3.05, 3.63) is 75.9 Å². The van der Waals surface area contributed by atoms with Crippen molar-refractivity contribution in [2.75, 3.05) is 6.54 Å². The maximum atomic E-state index is 12.9. The summed E-state index contributed by atoms with van der Waals surface area (Å²) < 4.78 is 1.71. The van der Waals surface area contributed by atoms with Crippen molar-refractivity contribution >= 4 is 41.1 Å². The molecule has 3 aromatic rings. The Labute approximate surface area is 178 Å². The van der Waals surface area contributed by atoms with Gasteiger partial charge in [0.25, 0.3) is 5.91 Å². The van der Waals surface area contributed by atoms with Crippen LogP contribution in [0.1, 0.15) is 32.1 Å². The molecule has 0 saturated carbocycles. The van der Waals surface area contributed by atoms with Crippen LogP contribution >= 0.6 is 22.9 Å². The van der Waals surface area contributed by atoms with E-state index in [0.29, 0.717) is 26.3 Å². The minimum atomic E-state index is -0.487. The van der Waals surface area contributed by atoms with E-state index >= 15 is 0 Å². The Hall–Kier alpha value is -2.71. The van der Waals surface area contributed by atoms with Gasteiger partial charge in [0.15, 0.2) is 0 Å². The van der Waals surface area contributed by atoms with E-state index in [1.807, 2.05) is 18.2 Å². The smallest absolute Gasteiger partial charge is 0.268 e. The van der Waals surface area contributed by atoms with E-state index in [1.54, 1.807) is 35.0 Å². The summed E-state index contributed by atoms with van der Waals surface area (Å²) in [4.78, 5) is 18.1. The molecule has 0 spiro atoms. The minimum absolute atomic E-state index is 0.145. The summed E-state index contributed by atoms with van der Waals surface area (Å²) in [6, 6.07) is 10.4. The Morgan fingerprint density at radius 2 is 2.03 bits per heavy atom. The van der Waals surface area contributed by atoms with Gasteiger partial charge in [0, 0.05) is 17.8 Å². The molecular weight excluding hydrogens is 408 g/mol. The molecule has 6 nitrogen and oxygen atoms in total. The lowest BCUT2D eigenvalue weighted by atomic mass is 10.1. The summed E-state index contributed by atoms with van der Waals surface area (Å²) in [5.74, 6) is -0.304. The number of aromatic nitrogens is 2. The van der Waals surface area contributed by atoms with Crippen molar-refractivity contribution in [3.63, 3.8) is 0 Å². The number of carbonyl (C=O) groups is 1. The molecular formula is C21H21ClN4O2S. The van der Waals surface area contributed by atoms with Gasteiger partial charge in [-0.3, -0.25) is 4.79 Å². The van der Waals surface area contributed by atoms with E-state index in [-0.39, 0.29) is 19.1 Å². The van der Waals surface area contributed by atoms with E-state index in [1.165, 1.54) is 11.3 Å². The minimum Gasteiger partial charge on any atom is -0.391 e. The molecule has 0 fully saturated rings. The van der Waals surface area contributed by atoms with Crippen molar-refractivity contribution < 1.29 is 9.90 Å². The number of aliphatic hydroxyl groups excluding tert-OH is 1. The van der Waals surface area contributed by atoms with Gasteiger partial charge in [-0.05, 0) is 35.9 Å². The van der Waals surface area contributed by atoms with Gasteiger partial charge in [-0.2, -0.15) is 0 Å². The first-order valence-electron chi connectivity index (χ1n) is 8.85. The monoisotopic (exact) mass is 428 g/mol. The van der Waals surface area contributed by atoms with Crippen LogP contribution in [0.25, 0.3) is 23.5 Å². The quantitative estimate of drug-likeness (QED) is 0.506. The number of nitrogens with two attached hydrogens (primary N) is 1. The zero-order valence-electron chi connectivity index (χ0n) is 15.6. The summed E-state index contributed by atoms with van der Waals surface area (Å²) in [7, 11) is 0. The first kappa shape index (κ1) is 21.0. The third-order valence-electron chi connectivity index (χ3n) is 4.39. The molecule has 1 aromatic carbocycles. The number of amides is 1. The normalized spacial score (nSPS) is 11.8. The summed E-state index contributed by atoms with van der Waals surface area (Å²) in [6.45, 7) is 7.55. The number of hydrogen-bond acceptors (Lipinski definition) is 5. The Morgan fingerprint density at radius 3 is 2.59 bits per heavy atom. The Morgan fingerprint density at radius 1 is 1.31 bits per heavy atom. The van der Waals surface area contributed by atoms with Crippen molar-refractivity contribution in [2.24, 2.45) is 5.73 Å². The predicted octanol–water partition coefficient (Wildman–Crippen LogP) is 3.93.